The van der Waals surface area contributed by atoms with Gasteiger partial charge in [0.2, 0.25) is 5.91 Å². The molecule has 2 atom stereocenters. The lowest BCUT2D eigenvalue weighted by Crippen LogP contribution is -2.49. The Morgan fingerprint density at radius 1 is 1.04 bits per heavy atom. The van der Waals surface area contributed by atoms with E-state index >= 15 is 0 Å². The lowest BCUT2D eigenvalue weighted by atomic mass is 9.97. The zero-order valence-corrected chi connectivity index (χ0v) is 12.7. The smallest absolute Gasteiger partial charge is 0.267 e. The van der Waals surface area contributed by atoms with Crippen LogP contribution in [-0.4, -0.2) is 47.7 Å². The van der Waals surface area contributed by atoms with E-state index in [9.17, 15) is 9.59 Å². The fourth-order valence-corrected chi connectivity index (χ4v) is 3.87. The van der Waals surface area contributed by atoms with Crippen LogP contribution in [0, 0.1) is 0 Å². The molecule has 2 bridgehead atoms. The van der Waals surface area contributed by atoms with Crippen molar-refractivity contribution in [2.45, 2.75) is 50.4 Å². The average Bonchev–Trinajstić information content (AvgIpc) is 3.16. The molecule has 120 valence electrons. The summed E-state index contributed by atoms with van der Waals surface area (Å²) in [4.78, 5) is 28.1. The number of amides is 1. The van der Waals surface area contributed by atoms with Gasteiger partial charge in [0.25, 0.3) is 5.56 Å². The normalized spacial score (nSPS) is 26.4. The Morgan fingerprint density at radius 2 is 1.74 bits per heavy atom. The minimum absolute atomic E-state index is 0.0113. The van der Waals surface area contributed by atoms with E-state index < -0.39 is 0 Å². The molecule has 2 unspecified atom stereocenters. The lowest BCUT2D eigenvalue weighted by molar-refractivity contribution is -0.137. The number of hydrogen-bond acceptors (Lipinski definition) is 5. The molecule has 1 amide bonds. The summed E-state index contributed by atoms with van der Waals surface area (Å²) in [5, 5.41) is 12.4. The monoisotopic (exact) mass is 314 g/mol. The van der Waals surface area contributed by atoms with Gasteiger partial charge in [0, 0.05) is 24.3 Å². The lowest BCUT2D eigenvalue weighted by Gasteiger charge is -2.38. The van der Waals surface area contributed by atoms with E-state index in [0.29, 0.717) is 0 Å². The van der Waals surface area contributed by atoms with Crippen molar-refractivity contribution in [1.29, 1.82) is 0 Å². The van der Waals surface area contributed by atoms with Gasteiger partial charge in [0.15, 0.2) is 0 Å². The van der Waals surface area contributed by atoms with Gasteiger partial charge < -0.3 is 4.90 Å². The predicted molar refractivity (Wildman–Crippen MR) is 80.4 cm³/mol. The van der Waals surface area contributed by atoms with Crippen LogP contribution in [0.1, 0.15) is 31.7 Å². The van der Waals surface area contributed by atoms with Crippen molar-refractivity contribution < 1.29 is 4.79 Å². The summed E-state index contributed by atoms with van der Waals surface area (Å²) in [5.41, 5.74) is -0.246. The van der Waals surface area contributed by atoms with Crippen LogP contribution in [-0.2, 0) is 11.3 Å². The van der Waals surface area contributed by atoms with Gasteiger partial charge in [0.1, 0.15) is 6.54 Å². The third-order valence-electron chi connectivity index (χ3n) is 4.83. The van der Waals surface area contributed by atoms with Gasteiger partial charge in [0.05, 0.1) is 18.4 Å². The molecular weight excluding hydrogens is 296 g/mol. The summed E-state index contributed by atoms with van der Waals surface area (Å²) < 4.78 is 1.23. The van der Waals surface area contributed by atoms with Crippen molar-refractivity contribution in [1.82, 2.24) is 29.7 Å². The molecule has 2 saturated heterocycles. The fourth-order valence-electron chi connectivity index (χ4n) is 3.87. The highest BCUT2D eigenvalue weighted by Gasteiger charge is 2.44. The summed E-state index contributed by atoms with van der Waals surface area (Å²) in [7, 11) is 0. The van der Waals surface area contributed by atoms with Crippen molar-refractivity contribution in [3.63, 3.8) is 0 Å². The highest BCUT2D eigenvalue weighted by molar-refractivity contribution is 5.77. The van der Waals surface area contributed by atoms with E-state index in [0.717, 1.165) is 25.7 Å². The second kappa shape index (κ2) is 5.60. The number of carbonyl (C=O) groups excluding carboxylic acids is 1. The maximum Gasteiger partial charge on any atom is 0.267 e. The van der Waals surface area contributed by atoms with Crippen molar-refractivity contribution in [3.05, 3.63) is 41.1 Å². The number of aromatic nitrogens is 5. The van der Waals surface area contributed by atoms with E-state index in [1.807, 2.05) is 4.90 Å². The molecule has 2 aromatic rings. The fraction of sp³-hybridized carbons (Fsp3) is 0.533. The van der Waals surface area contributed by atoms with Gasteiger partial charge in [-0.25, -0.2) is 4.68 Å². The second-order valence-electron chi connectivity index (χ2n) is 6.18. The van der Waals surface area contributed by atoms with Gasteiger partial charge in [-0.1, -0.05) is 0 Å². The van der Waals surface area contributed by atoms with Gasteiger partial charge in [-0.3, -0.25) is 9.59 Å². The summed E-state index contributed by atoms with van der Waals surface area (Å²) in [5.74, 6) is -0.0230. The third-order valence-corrected chi connectivity index (χ3v) is 4.83. The molecule has 8 nitrogen and oxygen atoms in total. The second-order valence-corrected chi connectivity index (χ2v) is 6.18. The Hall–Kier alpha value is -2.51. The average molecular weight is 314 g/mol. The molecule has 4 heterocycles. The Bertz CT molecular complexity index is 741. The van der Waals surface area contributed by atoms with Crippen molar-refractivity contribution in [2.24, 2.45) is 0 Å². The van der Waals surface area contributed by atoms with Crippen LogP contribution in [0.25, 0.3) is 0 Å². The Labute approximate surface area is 132 Å². The van der Waals surface area contributed by atoms with Crippen LogP contribution in [0.2, 0.25) is 0 Å². The molecule has 2 aliphatic rings. The number of piperidine rings is 1. The molecule has 2 fully saturated rings. The van der Waals surface area contributed by atoms with Gasteiger partial charge in [-0.2, -0.15) is 20.1 Å². The van der Waals surface area contributed by atoms with E-state index in [-0.39, 0.29) is 36.1 Å². The molecule has 23 heavy (non-hydrogen) atoms. The van der Waals surface area contributed by atoms with E-state index in [4.69, 9.17) is 0 Å². The number of hydrogen-bond donors (Lipinski definition) is 0. The SMILES string of the molecule is O=C(Cn1ncccc1=O)N1C2CCC1CC(n1nccn1)C2. The van der Waals surface area contributed by atoms with Gasteiger partial charge in [-0.05, 0) is 31.7 Å². The number of fused-ring (bicyclic) bond motifs is 2. The Kier molecular flexibility index (Phi) is 3.44. The largest absolute Gasteiger partial charge is 0.335 e. The van der Waals surface area contributed by atoms with E-state index in [1.165, 1.54) is 16.9 Å². The highest BCUT2D eigenvalue weighted by Crippen LogP contribution is 2.40. The molecule has 2 aliphatic heterocycles. The summed E-state index contributed by atoms with van der Waals surface area (Å²) in [6.45, 7) is 0.0113. The molecular formula is C15H18N6O2. The Balaban J connectivity index is 1.49. The van der Waals surface area contributed by atoms with Gasteiger partial charge >= 0.3 is 0 Å². The van der Waals surface area contributed by atoms with Crippen LogP contribution in [0.5, 0.6) is 0 Å². The predicted octanol–water partition coefficient (Wildman–Crippen LogP) is 0.229. The zero-order chi connectivity index (χ0) is 15.8. The molecule has 0 aromatic carbocycles. The molecule has 0 aliphatic carbocycles. The van der Waals surface area contributed by atoms with E-state index in [1.54, 1.807) is 23.3 Å². The first-order valence-electron chi connectivity index (χ1n) is 7.91. The van der Waals surface area contributed by atoms with Crippen LogP contribution < -0.4 is 5.56 Å². The van der Waals surface area contributed by atoms with Crippen molar-refractivity contribution in [2.75, 3.05) is 0 Å². The number of carbonyl (C=O) groups is 1. The first kappa shape index (κ1) is 14.1. The molecule has 8 heteroatoms. The third kappa shape index (κ3) is 2.54. The summed E-state index contributed by atoms with van der Waals surface area (Å²) in [6, 6.07) is 3.66. The molecule has 2 aromatic heterocycles. The molecule has 0 N–H and O–H groups in total. The van der Waals surface area contributed by atoms with Crippen molar-refractivity contribution >= 4 is 5.91 Å². The number of rotatable bonds is 3. The number of nitrogens with zero attached hydrogens (tertiary/aromatic N) is 6. The minimum Gasteiger partial charge on any atom is -0.335 e. The first-order chi connectivity index (χ1) is 11.2. The molecule has 4 rings (SSSR count). The molecule has 0 saturated carbocycles. The van der Waals surface area contributed by atoms with Crippen LogP contribution in [0.3, 0.4) is 0 Å². The van der Waals surface area contributed by atoms with Crippen LogP contribution in [0.15, 0.2) is 35.5 Å². The maximum absolute atomic E-state index is 12.7. The Morgan fingerprint density at radius 3 is 2.39 bits per heavy atom. The van der Waals surface area contributed by atoms with E-state index in [2.05, 4.69) is 15.3 Å². The summed E-state index contributed by atoms with van der Waals surface area (Å²) in [6.07, 6.45) is 8.65. The van der Waals surface area contributed by atoms with Crippen molar-refractivity contribution in [3.8, 4) is 0 Å². The maximum atomic E-state index is 12.7. The standard InChI is InChI=1S/C15H18N6O2/c22-14-2-1-5-16-19(14)10-15(23)20-11-3-4-12(20)9-13(8-11)21-17-6-7-18-21/h1-2,5-7,11-13H,3-4,8-10H2. The van der Waals surface area contributed by atoms with Crippen LogP contribution >= 0.6 is 0 Å². The minimum atomic E-state index is -0.246. The molecule has 0 spiro atoms. The van der Waals surface area contributed by atoms with Crippen LogP contribution in [0.4, 0.5) is 0 Å². The zero-order valence-electron chi connectivity index (χ0n) is 12.7. The van der Waals surface area contributed by atoms with Gasteiger partial charge in [-0.15, -0.1) is 0 Å². The first-order valence-corrected chi connectivity index (χ1v) is 7.91. The topological polar surface area (TPSA) is 85.9 Å². The molecule has 0 radical (unpaired) electrons. The highest BCUT2D eigenvalue weighted by atomic mass is 16.2. The quantitative estimate of drug-likeness (QED) is 0.809. The summed E-state index contributed by atoms with van der Waals surface area (Å²) >= 11 is 0.